The Hall–Kier alpha value is -2.16. The van der Waals surface area contributed by atoms with Crippen molar-refractivity contribution >= 4 is 5.91 Å². The maximum absolute atomic E-state index is 12.7. The molecule has 1 heterocycles. The second kappa shape index (κ2) is 7.22. The van der Waals surface area contributed by atoms with Gasteiger partial charge in [-0.3, -0.25) is 9.78 Å². The van der Waals surface area contributed by atoms with Gasteiger partial charge >= 0.3 is 0 Å². The summed E-state index contributed by atoms with van der Waals surface area (Å²) in [6.07, 6.45) is 10.8. The molecule has 2 aliphatic carbocycles. The zero-order valence-electron chi connectivity index (χ0n) is 15.6. The van der Waals surface area contributed by atoms with Crippen molar-refractivity contribution < 1.29 is 4.79 Å². The van der Waals surface area contributed by atoms with E-state index in [-0.39, 0.29) is 17.2 Å². The van der Waals surface area contributed by atoms with Crippen molar-refractivity contribution in [3.8, 4) is 0 Å². The summed E-state index contributed by atoms with van der Waals surface area (Å²) in [7, 11) is 0. The fourth-order valence-corrected chi connectivity index (χ4v) is 4.61. The molecule has 1 amide bonds. The highest BCUT2D eigenvalue weighted by Crippen LogP contribution is 2.47. The number of benzene rings is 1. The lowest BCUT2D eigenvalue weighted by Gasteiger charge is -2.38. The molecule has 2 saturated carbocycles. The predicted octanol–water partition coefficient (Wildman–Crippen LogP) is 4.51. The predicted molar refractivity (Wildman–Crippen MR) is 104 cm³/mol. The Morgan fingerprint density at radius 3 is 2.77 bits per heavy atom. The minimum absolute atomic E-state index is 0.110. The fourth-order valence-electron chi connectivity index (χ4n) is 4.61. The van der Waals surface area contributed by atoms with Gasteiger partial charge in [0.1, 0.15) is 0 Å². The van der Waals surface area contributed by atoms with Gasteiger partial charge in [-0.15, -0.1) is 0 Å². The van der Waals surface area contributed by atoms with Crippen LogP contribution >= 0.6 is 0 Å². The van der Waals surface area contributed by atoms with Crippen LogP contribution < -0.4 is 5.32 Å². The highest BCUT2D eigenvalue weighted by atomic mass is 16.2. The molecule has 1 N–H and O–H groups in total. The maximum atomic E-state index is 12.7. The van der Waals surface area contributed by atoms with Crippen molar-refractivity contribution in [1.82, 2.24) is 10.3 Å². The van der Waals surface area contributed by atoms with Crippen molar-refractivity contribution in [2.24, 2.45) is 5.92 Å². The van der Waals surface area contributed by atoms with E-state index in [1.165, 1.54) is 48.8 Å². The molecule has 26 heavy (non-hydrogen) atoms. The van der Waals surface area contributed by atoms with Crippen LogP contribution in [-0.4, -0.2) is 17.4 Å². The van der Waals surface area contributed by atoms with Gasteiger partial charge in [0.05, 0.1) is 0 Å². The molecule has 0 saturated heterocycles. The monoisotopic (exact) mass is 348 g/mol. The van der Waals surface area contributed by atoms with Crippen LogP contribution in [-0.2, 0) is 10.2 Å². The van der Waals surface area contributed by atoms with Crippen LogP contribution in [0.4, 0.5) is 0 Å². The van der Waals surface area contributed by atoms with Gasteiger partial charge in [0.15, 0.2) is 0 Å². The first-order valence-electron chi connectivity index (χ1n) is 9.93. The van der Waals surface area contributed by atoms with E-state index in [9.17, 15) is 4.79 Å². The first-order valence-corrected chi connectivity index (χ1v) is 9.93. The summed E-state index contributed by atoms with van der Waals surface area (Å²) in [4.78, 5) is 16.9. The Labute approximate surface area is 156 Å². The Morgan fingerprint density at radius 2 is 2.04 bits per heavy atom. The van der Waals surface area contributed by atoms with E-state index in [2.05, 4.69) is 47.6 Å². The van der Waals surface area contributed by atoms with Crippen LogP contribution in [0.25, 0.3) is 0 Å². The molecule has 2 fully saturated rings. The van der Waals surface area contributed by atoms with E-state index in [1.54, 1.807) is 6.20 Å². The number of pyridine rings is 1. The van der Waals surface area contributed by atoms with E-state index < -0.39 is 0 Å². The second-order valence-corrected chi connectivity index (χ2v) is 8.16. The van der Waals surface area contributed by atoms with Gasteiger partial charge in [-0.05, 0) is 49.3 Å². The number of nitrogens with one attached hydrogen (secondary N) is 1. The summed E-state index contributed by atoms with van der Waals surface area (Å²) in [5, 5.41) is 3.31. The molecule has 0 radical (unpaired) electrons. The quantitative estimate of drug-likeness (QED) is 0.864. The highest BCUT2D eigenvalue weighted by molar-refractivity contribution is 5.83. The number of amides is 1. The van der Waals surface area contributed by atoms with Crippen LogP contribution in [0.1, 0.15) is 61.1 Å². The molecule has 0 bridgehead atoms. The molecule has 0 unspecified atom stereocenters. The second-order valence-electron chi connectivity index (χ2n) is 8.16. The van der Waals surface area contributed by atoms with Crippen LogP contribution in [0, 0.1) is 12.8 Å². The van der Waals surface area contributed by atoms with E-state index in [0.717, 1.165) is 13.0 Å². The molecule has 1 aromatic carbocycles. The first-order chi connectivity index (χ1) is 12.7. The minimum atomic E-state index is 0.110. The molecule has 4 rings (SSSR count). The highest BCUT2D eigenvalue weighted by Gasteiger charge is 2.45. The third-order valence-electron chi connectivity index (χ3n) is 6.28. The van der Waals surface area contributed by atoms with Gasteiger partial charge in [0, 0.05) is 30.3 Å². The van der Waals surface area contributed by atoms with E-state index >= 15 is 0 Å². The Balaban J connectivity index is 1.43. The molecule has 2 atom stereocenters. The average molecular weight is 348 g/mol. The zero-order chi connectivity index (χ0) is 18.0. The van der Waals surface area contributed by atoms with Gasteiger partial charge < -0.3 is 5.32 Å². The number of nitrogens with zero attached hydrogens (tertiary/aromatic N) is 1. The fraction of sp³-hybridized carbons (Fsp3) is 0.478. The van der Waals surface area contributed by atoms with Crippen LogP contribution in [0.15, 0.2) is 48.8 Å². The minimum Gasteiger partial charge on any atom is -0.355 e. The molecule has 1 aromatic heterocycles. The largest absolute Gasteiger partial charge is 0.355 e. The summed E-state index contributed by atoms with van der Waals surface area (Å²) in [5.41, 5.74) is 4.01. The van der Waals surface area contributed by atoms with Crippen molar-refractivity contribution in [1.29, 1.82) is 0 Å². The molecule has 2 aromatic rings. The SMILES string of the molecule is Cc1cccc(C2(CNC(=O)[C@@H]3C[C@H]3c3cccnc3)CCCCC2)c1. The lowest BCUT2D eigenvalue weighted by Crippen LogP contribution is -2.42. The van der Waals surface area contributed by atoms with Gasteiger partial charge in [-0.2, -0.15) is 0 Å². The smallest absolute Gasteiger partial charge is 0.223 e. The lowest BCUT2D eigenvalue weighted by atomic mass is 9.69. The summed E-state index contributed by atoms with van der Waals surface area (Å²) in [6, 6.07) is 12.9. The standard InChI is InChI=1S/C23H28N2O/c1-17-7-5-9-19(13-17)23(10-3-2-4-11-23)16-25-22(26)21-14-20(21)18-8-6-12-24-15-18/h5-9,12-13,15,20-21H,2-4,10-11,14,16H2,1H3,(H,25,26)/t20-,21+/m0/s1. The molecule has 136 valence electrons. The van der Waals surface area contributed by atoms with Crippen molar-refractivity contribution in [2.45, 2.75) is 56.8 Å². The Bertz CT molecular complexity index is 765. The van der Waals surface area contributed by atoms with Crippen LogP contribution in [0.2, 0.25) is 0 Å². The summed E-state index contributed by atoms with van der Waals surface area (Å²) in [5.74, 6) is 0.693. The Morgan fingerprint density at radius 1 is 1.19 bits per heavy atom. The van der Waals surface area contributed by atoms with E-state index in [1.807, 2.05) is 12.3 Å². The van der Waals surface area contributed by atoms with Crippen LogP contribution in [0.5, 0.6) is 0 Å². The number of carbonyl (C=O) groups excluding carboxylic acids is 1. The number of aromatic nitrogens is 1. The number of rotatable bonds is 5. The summed E-state index contributed by atoms with van der Waals surface area (Å²) in [6.45, 7) is 2.92. The molecule has 0 aliphatic heterocycles. The normalized spacial score (nSPS) is 24.0. The molecular weight excluding hydrogens is 320 g/mol. The molecule has 0 spiro atoms. The van der Waals surface area contributed by atoms with Crippen LogP contribution in [0.3, 0.4) is 0 Å². The average Bonchev–Trinajstić information content (AvgIpc) is 3.49. The maximum Gasteiger partial charge on any atom is 0.223 e. The van der Waals surface area contributed by atoms with Crippen molar-refractivity contribution in [3.05, 3.63) is 65.5 Å². The van der Waals surface area contributed by atoms with Crippen molar-refractivity contribution in [3.63, 3.8) is 0 Å². The van der Waals surface area contributed by atoms with Crippen molar-refractivity contribution in [2.75, 3.05) is 6.54 Å². The lowest BCUT2D eigenvalue weighted by molar-refractivity contribution is -0.122. The van der Waals surface area contributed by atoms with Gasteiger partial charge in [-0.1, -0.05) is 55.2 Å². The number of aryl methyl sites for hydroxylation is 1. The molecule has 3 heteroatoms. The number of carbonyl (C=O) groups is 1. The number of hydrogen-bond acceptors (Lipinski definition) is 2. The summed E-state index contributed by atoms with van der Waals surface area (Å²) < 4.78 is 0. The van der Waals surface area contributed by atoms with E-state index in [4.69, 9.17) is 0 Å². The third kappa shape index (κ3) is 3.53. The third-order valence-corrected chi connectivity index (χ3v) is 6.28. The molecule has 3 nitrogen and oxygen atoms in total. The first kappa shape index (κ1) is 17.3. The van der Waals surface area contributed by atoms with Gasteiger partial charge in [0.25, 0.3) is 0 Å². The zero-order valence-corrected chi connectivity index (χ0v) is 15.6. The molecular formula is C23H28N2O. The van der Waals surface area contributed by atoms with Gasteiger partial charge in [-0.25, -0.2) is 0 Å². The molecule has 2 aliphatic rings. The number of hydrogen-bond donors (Lipinski definition) is 1. The topological polar surface area (TPSA) is 42.0 Å². The summed E-state index contributed by atoms with van der Waals surface area (Å²) >= 11 is 0. The van der Waals surface area contributed by atoms with Gasteiger partial charge in [0.2, 0.25) is 5.91 Å². The van der Waals surface area contributed by atoms with E-state index in [0.29, 0.717) is 5.92 Å². The Kier molecular flexibility index (Phi) is 4.80.